The molecule has 15 heavy (non-hydrogen) atoms. The van der Waals surface area contributed by atoms with Crippen molar-refractivity contribution in [3.05, 3.63) is 0 Å². The summed E-state index contributed by atoms with van der Waals surface area (Å²) in [5, 5.41) is 0. The molecule has 0 aliphatic carbocycles. The Morgan fingerprint density at radius 3 is 2.13 bits per heavy atom. The summed E-state index contributed by atoms with van der Waals surface area (Å²) in [6.45, 7) is 10.5. The lowest BCUT2D eigenvalue weighted by Gasteiger charge is -2.49. The van der Waals surface area contributed by atoms with Crippen molar-refractivity contribution in [1.82, 2.24) is 4.90 Å². The van der Waals surface area contributed by atoms with E-state index in [9.17, 15) is 0 Å². The van der Waals surface area contributed by atoms with Crippen LogP contribution in [-0.2, 0) is 0 Å². The highest BCUT2D eigenvalue weighted by molar-refractivity contribution is 4.94. The zero-order valence-electron chi connectivity index (χ0n) is 10.9. The van der Waals surface area contributed by atoms with E-state index in [1.165, 1.54) is 38.6 Å². The van der Waals surface area contributed by atoms with Crippen LogP contribution in [-0.4, -0.2) is 29.1 Å². The Morgan fingerprint density at radius 1 is 1.20 bits per heavy atom. The Labute approximate surface area is 95.2 Å². The number of nitrogens with zero attached hydrogens (tertiary/aromatic N) is 1. The maximum atomic E-state index is 6.03. The summed E-state index contributed by atoms with van der Waals surface area (Å²) in [6, 6.07) is 1.09. The van der Waals surface area contributed by atoms with Gasteiger partial charge < -0.3 is 5.73 Å². The van der Waals surface area contributed by atoms with Crippen LogP contribution in [0.4, 0.5) is 0 Å². The van der Waals surface area contributed by atoms with Crippen LogP contribution in [0.5, 0.6) is 0 Å². The van der Waals surface area contributed by atoms with Gasteiger partial charge in [-0.3, -0.25) is 4.90 Å². The maximum Gasteiger partial charge on any atom is 0.0204 e. The number of nitrogens with two attached hydrogens (primary N) is 1. The highest BCUT2D eigenvalue weighted by atomic mass is 15.2. The van der Waals surface area contributed by atoms with Gasteiger partial charge in [-0.05, 0) is 39.0 Å². The summed E-state index contributed by atoms with van der Waals surface area (Å²) in [5.41, 5.74) is 6.46. The normalized spacial score (nSPS) is 29.4. The molecule has 1 aliphatic rings. The minimum absolute atomic E-state index is 0.430. The second kappa shape index (κ2) is 5.31. The molecule has 1 rings (SSSR count). The van der Waals surface area contributed by atoms with Crippen LogP contribution in [0.2, 0.25) is 0 Å². The van der Waals surface area contributed by atoms with Crippen LogP contribution in [0.3, 0.4) is 0 Å². The molecule has 1 heterocycles. The van der Waals surface area contributed by atoms with Crippen LogP contribution in [0, 0.1) is 0 Å². The average molecular weight is 212 g/mol. The summed E-state index contributed by atoms with van der Waals surface area (Å²) in [4.78, 5) is 2.72. The van der Waals surface area contributed by atoms with E-state index < -0.39 is 0 Å². The summed E-state index contributed by atoms with van der Waals surface area (Å²) in [7, 11) is 0. The van der Waals surface area contributed by atoms with E-state index in [1.807, 2.05) is 0 Å². The van der Waals surface area contributed by atoms with E-state index in [-0.39, 0.29) is 0 Å². The van der Waals surface area contributed by atoms with Crippen LogP contribution < -0.4 is 5.73 Å². The highest BCUT2D eigenvalue weighted by Gasteiger charge is 2.37. The predicted octanol–water partition coefficient (Wildman–Crippen LogP) is 2.77. The van der Waals surface area contributed by atoms with Crippen LogP contribution >= 0.6 is 0 Å². The Bertz CT molecular complexity index is 179. The summed E-state index contributed by atoms with van der Waals surface area (Å²) in [5.74, 6) is 0. The Kier molecular flexibility index (Phi) is 4.60. The molecule has 2 unspecified atom stereocenters. The van der Waals surface area contributed by atoms with E-state index in [2.05, 4.69) is 32.6 Å². The minimum atomic E-state index is 0.430. The van der Waals surface area contributed by atoms with Crippen molar-refractivity contribution in [3.8, 4) is 0 Å². The monoisotopic (exact) mass is 212 g/mol. The fourth-order valence-corrected chi connectivity index (χ4v) is 3.27. The topological polar surface area (TPSA) is 29.3 Å². The van der Waals surface area contributed by atoms with Crippen molar-refractivity contribution < 1.29 is 0 Å². The Balaban J connectivity index is 2.75. The van der Waals surface area contributed by atoms with Gasteiger partial charge >= 0.3 is 0 Å². The zero-order valence-corrected chi connectivity index (χ0v) is 10.9. The van der Waals surface area contributed by atoms with Gasteiger partial charge in [0, 0.05) is 24.2 Å². The fraction of sp³-hybridized carbons (Fsp3) is 1.00. The van der Waals surface area contributed by atoms with Gasteiger partial charge in [-0.25, -0.2) is 0 Å². The van der Waals surface area contributed by atoms with E-state index in [0.29, 0.717) is 17.6 Å². The summed E-state index contributed by atoms with van der Waals surface area (Å²) in [6.07, 6.45) is 6.13. The first-order chi connectivity index (χ1) is 7.09. The number of likely N-dealkylation sites (tertiary alicyclic amines) is 1. The molecule has 2 atom stereocenters. The molecule has 0 radical (unpaired) electrons. The van der Waals surface area contributed by atoms with Gasteiger partial charge in [0.15, 0.2) is 0 Å². The van der Waals surface area contributed by atoms with E-state index >= 15 is 0 Å². The number of hydrogen-bond donors (Lipinski definition) is 1. The van der Waals surface area contributed by atoms with Crippen molar-refractivity contribution in [3.63, 3.8) is 0 Å². The molecule has 1 saturated heterocycles. The first kappa shape index (κ1) is 13.0. The second-order valence-corrected chi connectivity index (χ2v) is 5.11. The Hall–Kier alpha value is -0.0800. The lowest BCUT2D eigenvalue weighted by Crippen LogP contribution is -2.57. The third kappa shape index (κ3) is 2.54. The molecule has 2 heteroatoms. The molecular formula is C13H28N2. The lowest BCUT2D eigenvalue weighted by molar-refractivity contribution is 0.00959. The molecule has 2 N–H and O–H groups in total. The van der Waals surface area contributed by atoms with Crippen LogP contribution in [0.1, 0.15) is 59.8 Å². The molecule has 0 saturated carbocycles. The smallest absolute Gasteiger partial charge is 0.0204 e. The average Bonchev–Trinajstić information content (AvgIpc) is 2.23. The number of hydrogen-bond acceptors (Lipinski definition) is 2. The van der Waals surface area contributed by atoms with Gasteiger partial charge in [0.2, 0.25) is 0 Å². The lowest BCUT2D eigenvalue weighted by atomic mass is 9.83. The molecule has 1 aliphatic heterocycles. The molecule has 1 fully saturated rings. The maximum absolute atomic E-state index is 6.03. The van der Waals surface area contributed by atoms with E-state index in [4.69, 9.17) is 5.73 Å². The second-order valence-electron chi connectivity index (χ2n) is 5.11. The molecular weight excluding hydrogens is 184 g/mol. The minimum Gasteiger partial charge on any atom is -0.328 e. The highest BCUT2D eigenvalue weighted by Crippen LogP contribution is 2.33. The first-order valence-electron chi connectivity index (χ1n) is 6.62. The van der Waals surface area contributed by atoms with E-state index in [1.54, 1.807) is 0 Å². The third-order valence-electron chi connectivity index (χ3n) is 4.50. The fourth-order valence-electron chi connectivity index (χ4n) is 3.27. The molecule has 90 valence electrons. The molecule has 0 aromatic heterocycles. The van der Waals surface area contributed by atoms with Gasteiger partial charge in [-0.15, -0.1) is 0 Å². The SMILES string of the molecule is CCC(CC)(CC)N1CCC(N)CC1C. The standard InChI is InChI=1S/C13H28N2/c1-5-13(6-2,7-3)15-9-8-12(14)10-11(15)4/h11-12H,5-10,14H2,1-4H3. The first-order valence-corrected chi connectivity index (χ1v) is 6.62. The molecule has 0 aromatic carbocycles. The van der Waals surface area contributed by atoms with Gasteiger partial charge in [0.05, 0.1) is 0 Å². The largest absolute Gasteiger partial charge is 0.328 e. The van der Waals surface area contributed by atoms with Gasteiger partial charge in [0.1, 0.15) is 0 Å². The molecule has 0 spiro atoms. The molecule has 0 aromatic rings. The van der Waals surface area contributed by atoms with Crippen molar-refractivity contribution >= 4 is 0 Å². The molecule has 2 nitrogen and oxygen atoms in total. The Morgan fingerprint density at radius 2 is 1.73 bits per heavy atom. The zero-order chi connectivity index (χ0) is 11.5. The van der Waals surface area contributed by atoms with Crippen molar-refractivity contribution in [1.29, 1.82) is 0 Å². The number of piperidine rings is 1. The summed E-state index contributed by atoms with van der Waals surface area (Å²) >= 11 is 0. The van der Waals surface area contributed by atoms with Gasteiger partial charge in [-0.2, -0.15) is 0 Å². The summed E-state index contributed by atoms with van der Waals surface area (Å²) < 4.78 is 0. The van der Waals surface area contributed by atoms with Gasteiger partial charge in [0.25, 0.3) is 0 Å². The predicted molar refractivity (Wildman–Crippen MR) is 67.0 cm³/mol. The third-order valence-corrected chi connectivity index (χ3v) is 4.50. The molecule has 0 amide bonds. The van der Waals surface area contributed by atoms with Crippen LogP contribution in [0.25, 0.3) is 0 Å². The number of rotatable bonds is 4. The van der Waals surface area contributed by atoms with Crippen molar-refractivity contribution in [2.24, 2.45) is 5.73 Å². The van der Waals surface area contributed by atoms with Crippen LogP contribution in [0.15, 0.2) is 0 Å². The van der Waals surface area contributed by atoms with Crippen molar-refractivity contribution in [2.75, 3.05) is 6.54 Å². The van der Waals surface area contributed by atoms with Gasteiger partial charge in [-0.1, -0.05) is 20.8 Å². The molecule has 0 bridgehead atoms. The quantitative estimate of drug-likeness (QED) is 0.776. The van der Waals surface area contributed by atoms with E-state index in [0.717, 1.165) is 0 Å². The van der Waals surface area contributed by atoms with Crippen molar-refractivity contribution in [2.45, 2.75) is 77.4 Å².